The van der Waals surface area contributed by atoms with Crippen LogP contribution < -0.4 is 10.2 Å². The highest BCUT2D eigenvalue weighted by molar-refractivity contribution is 7.18. The fourth-order valence-electron chi connectivity index (χ4n) is 3.59. The van der Waals surface area contributed by atoms with Crippen molar-refractivity contribution in [3.05, 3.63) is 51.2 Å². The molecule has 0 bridgehead atoms. The number of thiophene rings is 1. The van der Waals surface area contributed by atoms with E-state index in [4.69, 9.17) is 21.2 Å². The number of hydrogen-bond acceptors (Lipinski definition) is 7. The van der Waals surface area contributed by atoms with E-state index in [-0.39, 0.29) is 12.5 Å². The second kappa shape index (κ2) is 8.49. The zero-order chi connectivity index (χ0) is 21.4. The number of hydrogen-bond donors (Lipinski definition) is 1. The third kappa shape index (κ3) is 4.39. The number of cyclic esters (lactones) is 1. The van der Waals surface area contributed by atoms with Crippen LogP contribution in [-0.4, -0.2) is 61.3 Å². The third-order valence-electron chi connectivity index (χ3n) is 5.27. The lowest BCUT2D eigenvalue weighted by Crippen LogP contribution is -2.38. The Hall–Kier alpha value is -2.62. The molecule has 31 heavy (non-hydrogen) atoms. The van der Waals surface area contributed by atoms with E-state index >= 15 is 0 Å². The molecule has 3 aliphatic rings. The standard InChI is InChI=1S/C21H21ClN4O4S/c22-18-8-7-17(31-18)20(27)24-11-16-12-25(21(28)30-16)14-3-1-13(2-4-14)19-23-9-10-29-26(19)15-5-6-15/h1-4,7-8,15-16H,5-6,9-12H2,(H,24,27)/t16-/m0/s1. The minimum absolute atomic E-state index is 0.230. The van der Waals surface area contributed by atoms with Crippen LogP contribution in [0.4, 0.5) is 10.5 Å². The van der Waals surface area contributed by atoms with E-state index in [0.29, 0.717) is 35.0 Å². The number of hydroxylamine groups is 2. The van der Waals surface area contributed by atoms with Gasteiger partial charge in [0.15, 0.2) is 5.84 Å². The number of nitrogens with zero attached hydrogens (tertiary/aromatic N) is 3. The first-order chi connectivity index (χ1) is 15.1. The van der Waals surface area contributed by atoms with E-state index in [1.165, 1.54) is 11.3 Å². The summed E-state index contributed by atoms with van der Waals surface area (Å²) in [6.45, 7) is 1.85. The maximum atomic E-state index is 12.4. The summed E-state index contributed by atoms with van der Waals surface area (Å²) in [6.07, 6.45) is 1.39. The van der Waals surface area contributed by atoms with E-state index in [1.54, 1.807) is 17.0 Å². The van der Waals surface area contributed by atoms with Gasteiger partial charge in [-0.15, -0.1) is 11.3 Å². The van der Waals surface area contributed by atoms with Crippen molar-refractivity contribution in [1.29, 1.82) is 0 Å². The Kier molecular flexibility index (Phi) is 5.56. The quantitative estimate of drug-likeness (QED) is 0.715. The van der Waals surface area contributed by atoms with Crippen LogP contribution in [0.1, 0.15) is 28.1 Å². The molecule has 5 rings (SSSR count). The molecule has 0 radical (unpaired) electrons. The largest absolute Gasteiger partial charge is 0.442 e. The summed E-state index contributed by atoms with van der Waals surface area (Å²) in [5.41, 5.74) is 1.70. The summed E-state index contributed by atoms with van der Waals surface area (Å²) >= 11 is 7.08. The van der Waals surface area contributed by atoms with Gasteiger partial charge >= 0.3 is 6.09 Å². The average Bonchev–Trinajstić information content (AvgIpc) is 3.44. The van der Waals surface area contributed by atoms with Gasteiger partial charge in [-0.25, -0.2) is 9.86 Å². The third-order valence-corrected chi connectivity index (χ3v) is 6.50. The average molecular weight is 461 g/mol. The number of aliphatic imine (C=N–C) groups is 1. The van der Waals surface area contributed by atoms with Crippen molar-refractivity contribution in [2.75, 3.05) is 31.1 Å². The molecule has 8 nitrogen and oxygen atoms in total. The van der Waals surface area contributed by atoms with Gasteiger partial charge in [0.05, 0.1) is 41.5 Å². The highest BCUT2D eigenvalue weighted by Gasteiger charge is 2.35. The number of anilines is 1. The topological polar surface area (TPSA) is 83.5 Å². The van der Waals surface area contributed by atoms with Crippen LogP contribution in [-0.2, 0) is 9.57 Å². The summed E-state index contributed by atoms with van der Waals surface area (Å²) in [5.74, 6) is 0.616. The zero-order valence-electron chi connectivity index (χ0n) is 16.6. The summed E-state index contributed by atoms with van der Waals surface area (Å²) in [7, 11) is 0. The van der Waals surface area contributed by atoms with Crippen LogP contribution in [0, 0.1) is 0 Å². The Morgan fingerprint density at radius 3 is 2.74 bits per heavy atom. The molecule has 1 aliphatic carbocycles. The van der Waals surface area contributed by atoms with Crippen LogP contribution in [0.5, 0.6) is 0 Å². The van der Waals surface area contributed by atoms with Gasteiger partial charge in [-0.05, 0) is 49.2 Å². The molecule has 3 heterocycles. The molecule has 162 valence electrons. The first-order valence-electron chi connectivity index (χ1n) is 10.2. The SMILES string of the molecule is O=C(NC[C@H]1CN(c2ccc(C3=NCCON3C3CC3)cc2)C(=O)O1)c1ccc(Cl)s1. The fourth-order valence-corrected chi connectivity index (χ4v) is 4.55. The lowest BCUT2D eigenvalue weighted by atomic mass is 10.1. The number of benzene rings is 1. The molecule has 2 fully saturated rings. The molecule has 1 saturated heterocycles. The predicted octanol–water partition coefficient (Wildman–Crippen LogP) is 3.31. The van der Waals surface area contributed by atoms with Crippen molar-refractivity contribution in [3.63, 3.8) is 0 Å². The smallest absolute Gasteiger partial charge is 0.414 e. The number of carbonyl (C=O) groups excluding carboxylic acids is 2. The maximum absolute atomic E-state index is 12.4. The minimum atomic E-state index is -0.427. The normalized spacial score (nSPS) is 21.1. The van der Waals surface area contributed by atoms with E-state index in [2.05, 4.69) is 10.3 Å². The zero-order valence-corrected chi connectivity index (χ0v) is 18.2. The van der Waals surface area contributed by atoms with Crippen molar-refractivity contribution < 1.29 is 19.2 Å². The second-order valence-corrected chi connectivity index (χ2v) is 9.29. The molecule has 2 amide bonds. The molecule has 10 heteroatoms. The summed E-state index contributed by atoms with van der Waals surface area (Å²) in [5, 5.41) is 4.71. The molecule has 0 unspecified atom stereocenters. The van der Waals surface area contributed by atoms with E-state index < -0.39 is 12.2 Å². The molecule has 2 aliphatic heterocycles. The van der Waals surface area contributed by atoms with Crippen LogP contribution in [0.15, 0.2) is 41.4 Å². The van der Waals surface area contributed by atoms with E-state index in [1.807, 2.05) is 29.3 Å². The van der Waals surface area contributed by atoms with Gasteiger partial charge in [-0.1, -0.05) is 11.6 Å². The summed E-state index contributed by atoms with van der Waals surface area (Å²) in [6, 6.07) is 11.4. The molecule has 1 aromatic carbocycles. The first kappa shape index (κ1) is 20.3. The first-order valence-corrected chi connectivity index (χ1v) is 11.4. The monoisotopic (exact) mass is 460 g/mol. The van der Waals surface area contributed by atoms with Gasteiger partial charge in [0.2, 0.25) is 0 Å². The summed E-state index contributed by atoms with van der Waals surface area (Å²) < 4.78 is 5.97. The Labute approximate surface area is 188 Å². The van der Waals surface area contributed by atoms with Crippen LogP contribution in [0.2, 0.25) is 4.34 Å². The molecular formula is C21H21ClN4O4S. The highest BCUT2D eigenvalue weighted by Crippen LogP contribution is 2.31. The fraction of sp³-hybridized carbons (Fsp3) is 0.381. The molecule has 1 N–H and O–H groups in total. The number of halogens is 1. The predicted molar refractivity (Wildman–Crippen MR) is 118 cm³/mol. The molecular weight excluding hydrogens is 440 g/mol. The Balaban J connectivity index is 1.21. The van der Waals surface area contributed by atoms with Crippen molar-refractivity contribution in [2.45, 2.75) is 25.0 Å². The number of amidine groups is 1. The molecule has 1 atom stereocenters. The van der Waals surface area contributed by atoms with Crippen molar-refractivity contribution in [1.82, 2.24) is 10.4 Å². The van der Waals surface area contributed by atoms with Crippen LogP contribution in [0.25, 0.3) is 0 Å². The molecule has 0 spiro atoms. The summed E-state index contributed by atoms with van der Waals surface area (Å²) in [4.78, 5) is 37.0. The number of nitrogens with one attached hydrogen (secondary N) is 1. The van der Waals surface area contributed by atoms with Crippen LogP contribution >= 0.6 is 22.9 Å². The molecule has 1 aromatic heterocycles. The van der Waals surface area contributed by atoms with E-state index in [0.717, 1.165) is 29.9 Å². The Morgan fingerprint density at radius 1 is 1.23 bits per heavy atom. The number of amides is 2. The second-order valence-electron chi connectivity index (χ2n) is 7.57. The number of ether oxygens (including phenoxy) is 1. The van der Waals surface area contributed by atoms with Crippen molar-refractivity contribution in [3.8, 4) is 0 Å². The maximum Gasteiger partial charge on any atom is 0.414 e. The Bertz CT molecular complexity index is 1020. The molecule has 1 saturated carbocycles. The van der Waals surface area contributed by atoms with Gasteiger partial charge in [-0.3, -0.25) is 19.5 Å². The highest BCUT2D eigenvalue weighted by atomic mass is 35.5. The van der Waals surface area contributed by atoms with Gasteiger partial charge in [0.25, 0.3) is 5.91 Å². The van der Waals surface area contributed by atoms with Gasteiger partial charge in [0, 0.05) is 11.3 Å². The van der Waals surface area contributed by atoms with Crippen LogP contribution in [0.3, 0.4) is 0 Å². The lowest BCUT2D eigenvalue weighted by molar-refractivity contribution is -0.110. The van der Waals surface area contributed by atoms with Crippen molar-refractivity contribution in [2.24, 2.45) is 4.99 Å². The minimum Gasteiger partial charge on any atom is -0.442 e. The van der Waals surface area contributed by atoms with E-state index in [9.17, 15) is 9.59 Å². The number of carbonyl (C=O) groups is 2. The lowest BCUT2D eigenvalue weighted by Gasteiger charge is -2.28. The Morgan fingerprint density at radius 2 is 2.03 bits per heavy atom. The van der Waals surface area contributed by atoms with Crippen molar-refractivity contribution >= 4 is 46.5 Å². The van der Waals surface area contributed by atoms with Gasteiger partial charge in [-0.2, -0.15) is 0 Å². The van der Waals surface area contributed by atoms with Gasteiger partial charge < -0.3 is 10.1 Å². The van der Waals surface area contributed by atoms with Gasteiger partial charge in [0.1, 0.15) is 6.10 Å². The molecule has 2 aromatic rings. The number of rotatable bonds is 6.